The third-order valence-electron chi connectivity index (χ3n) is 3.04. The topological polar surface area (TPSA) is 67.7 Å². The molecule has 0 spiro atoms. The molecule has 2 aromatic rings. The van der Waals surface area contributed by atoms with Gasteiger partial charge in [-0.2, -0.15) is 4.98 Å². The predicted molar refractivity (Wildman–Crippen MR) is 79.2 cm³/mol. The summed E-state index contributed by atoms with van der Waals surface area (Å²) >= 11 is 1.55. The van der Waals surface area contributed by atoms with Crippen molar-refractivity contribution in [1.29, 1.82) is 0 Å². The van der Waals surface area contributed by atoms with E-state index in [9.17, 15) is 4.79 Å². The summed E-state index contributed by atoms with van der Waals surface area (Å²) in [6.07, 6.45) is 2.89. The molecule has 2 aromatic heterocycles. The first-order valence-electron chi connectivity index (χ1n) is 6.66. The van der Waals surface area contributed by atoms with Gasteiger partial charge in [-0.05, 0) is 13.3 Å². The van der Waals surface area contributed by atoms with E-state index in [1.54, 1.807) is 18.4 Å². The van der Waals surface area contributed by atoms with Crippen LogP contribution in [0.15, 0.2) is 11.6 Å². The molecule has 2 rings (SSSR count). The molecule has 7 heteroatoms. The molecule has 1 unspecified atom stereocenters. The Bertz CT molecular complexity index is 578. The molecule has 0 aliphatic rings. The number of fused-ring (bicyclic) bond motifs is 1. The third kappa shape index (κ3) is 3.10. The van der Waals surface area contributed by atoms with Crippen LogP contribution in [-0.4, -0.2) is 35.0 Å². The number of hydrogen-bond donors (Lipinski definition) is 2. The number of hydrogen-bond acceptors (Lipinski definition) is 5. The zero-order valence-electron chi connectivity index (χ0n) is 12.0. The molecule has 1 amide bonds. The van der Waals surface area contributed by atoms with Gasteiger partial charge in [-0.1, -0.05) is 6.92 Å². The van der Waals surface area contributed by atoms with Gasteiger partial charge in [0.1, 0.15) is 5.69 Å². The lowest BCUT2D eigenvalue weighted by atomic mass is 10.3. The quantitative estimate of drug-likeness (QED) is 0.810. The van der Waals surface area contributed by atoms with Gasteiger partial charge in [0.15, 0.2) is 4.96 Å². The molecule has 20 heavy (non-hydrogen) atoms. The number of thiazole rings is 1. The zero-order valence-corrected chi connectivity index (χ0v) is 12.8. The fourth-order valence-corrected chi connectivity index (χ4v) is 2.61. The molecule has 0 aliphatic heterocycles. The van der Waals surface area contributed by atoms with E-state index in [0.29, 0.717) is 19.0 Å². The number of nitrogens with zero attached hydrogens (tertiary/aromatic N) is 2. The number of nitrogens with one attached hydrogen (secondary N) is 2. The summed E-state index contributed by atoms with van der Waals surface area (Å²) in [4.78, 5) is 17.1. The van der Waals surface area contributed by atoms with Crippen molar-refractivity contribution in [1.82, 2.24) is 20.0 Å². The summed E-state index contributed by atoms with van der Waals surface area (Å²) in [6.45, 7) is 5.11. The molecule has 0 saturated heterocycles. The van der Waals surface area contributed by atoms with Crippen LogP contribution in [0.25, 0.3) is 4.96 Å². The Morgan fingerprint density at radius 3 is 3.10 bits per heavy atom. The van der Waals surface area contributed by atoms with E-state index in [1.807, 2.05) is 29.8 Å². The largest absolute Gasteiger partial charge is 0.480 e. The van der Waals surface area contributed by atoms with Crippen LogP contribution in [0.1, 0.15) is 26.0 Å². The van der Waals surface area contributed by atoms with Crippen LogP contribution in [0, 0.1) is 0 Å². The minimum absolute atomic E-state index is 0.0110. The summed E-state index contributed by atoms with van der Waals surface area (Å²) < 4.78 is 7.26. The highest BCUT2D eigenvalue weighted by Gasteiger charge is 2.16. The van der Waals surface area contributed by atoms with Gasteiger partial charge >= 0.3 is 0 Å². The van der Waals surface area contributed by atoms with Crippen molar-refractivity contribution in [2.75, 3.05) is 13.7 Å². The van der Waals surface area contributed by atoms with E-state index in [1.165, 1.54) is 0 Å². The molecule has 0 aliphatic carbocycles. The number of rotatable bonds is 7. The average Bonchev–Trinajstić information content (AvgIpc) is 3.02. The number of aromatic nitrogens is 2. The molecule has 0 bridgehead atoms. The van der Waals surface area contributed by atoms with Gasteiger partial charge in [0.2, 0.25) is 11.8 Å². The predicted octanol–water partition coefficient (Wildman–Crippen LogP) is 1.41. The second-order valence-electron chi connectivity index (χ2n) is 4.52. The van der Waals surface area contributed by atoms with Crippen molar-refractivity contribution in [2.45, 2.75) is 32.9 Å². The van der Waals surface area contributed by atoms with E-state index >= 15 is 0 Å². The maximum absolute atomic E-state index is 11.8. The van der Waals surface area contributed by atoms with Gasteiger partial charge in [0.05, 0.1) is 13.2 Å². The second kappa shape index (κ2) is 6.71. The van der Waals surface area contributed by atoms with Gasteiger partial charge in [-0.3, -0.25) is 9.20 Å². The molecular formula is C13H20N4O2S. The van der Waals surface area contributed by atoms with Gasteiger partial charge in [0, 0.05) is 24.7 Å². The fraction of sp³-hybridized carbons (Fsp3) is 0.538. The molecule has 0 aromatic carbocycles. The Morgan fingerprint density at radius 2 is 2.40 bits per heavy atom. The normalized spacial score (nSPS) is 12.6. The second-order valence-corrected chi connectivity index (χ2v) is 5.39. The average molecular weight is 296 g/mol. The van der Waals surface area contributed by atoms with Crippen LogP contribution in [0.5, 0.6) is 5.88 Å². The molecule has 6 nitrogen and oxygen atoms in total. The van der Waals surface area contributed by atoms with E-state index in [4.69, 9.17) is 4.74 Å². The Kier molecular flexibility index (Phi) is 4.97. The highest BCUT2D eigenvalue weighted by atomic mass is 32.1. The molecule has 1 atom stereocenters. The Morgan fingerprint density at radius 1 is 1.60 bits per heavy atom. The van der Waals surface area contributed by atoms with Crippen molar-refractivity contribution in [3.63, 3.8) is 0 Å². The summed E-state index contributed by atoms with van der Waals surface area (Å²) in [5.74, 6) is 0.613. The van der Waals surface area contributed by atoms with Crippen LogP contribution < -0.4 is 15.4 Å². The Labute approximate surface area is 122 Å². The standard InChI is InChI=1S/C13H20N4O2S/c1-4-5-14-11(18)9(2)15-8-10-12(19-3)16-13-17(10)6-7-20-13/h6-7,9,15H,4-5,8H2,1-3H3,(H,14,18). The Hall–Kier alpha value is -1.60. The zero-order chi connectivity index (χ0) is 14.5. The number of carbonyl (C=O) groups excluding carboxylic acids is 1. The van der Waals surface area contributed by atoms with E-state index in [0.717, 1.165) is 17.1 Å². The van der Waals surface area contributed by atoms with E-state index in [2.05, 4.69) is 15.6 Å². The fourth-order valence-electron chi connectivity index (χ4n) is 1.88. The smallest absolute Gasteiger partial charge is 0.237 e. The first-order valence-corrected chi connectivity index (χ1v) is 7.54. The monoisotopic (exact) mass is 296 g/mol. The molecule has 110 valence electrons. The third-order valence-corrected chi connectivity index (χ3v) is 3.79. The summed E-state index contributed by atoms with van der Waals surface area (Å²) in [7, 11) is 1.60. The molecule has 0 saturated carbocycles. The first-order chi connectivity index (χ1) is 9.67. The van der Waals surface area contributed by atoms with Crippen LogP contribution in [0.3, 0.4) is 0 Å². The lowest BCUT2D eigenvalue weighted by Gasteiger charge is -2.13. The summed E-state index contributed by atoms with van der Waals surface area (Å²) in [6, 6.07) is -0.254. The van der Waals surface area contributed by atoms with Gasteiger partial charge in [-0.25, -0.2) is 0 Å². The molecule has 2 heterocycles. The lowest BCUT2D eigenvalue weighted by molar-refractivity contribution is -0.122. The van der Waals surface area contributed by atoms with Crippen molar-refractivity contribution in [3.05, 3.63) is 17.3 Å². The number of amides is 1. The first kappa shape index (κ1) is 14.8. The van der Waals surface area contributed by atoms with Crippen molar-refractivity contribution in [2.24, 2.45) is 0 Å². The van der Waals surface area contributed by atoms with Crippen molar-refractivity contribution in [3.8, 4) is 5.88 Å². The number of imidazole rings is 1. The van der Waals surface area contributed by atoms with Gasteiger partial charge in [-0.15, -0.1) is 11.3 Å². The number of carbonyl (C=O) groups is 1. The maximum atomic E-state index is 11.8. The summed E-state index contributed by atoms with van der Waals surface area (Å²) in [5, 5.41) is 8.05. The number of ether oxygens (including phenoxy) is 1. The van der Waals surface area contributed by atoms with Crippen molar-refractivity contribution >= 4 is 22.2 Å². The molecular weight excluding hydrogens is 276 g/mol. The molecule has 2 N–H and O–H groups in total. The highest BCUT2D eigenvalue weighted by Crippen LogP contribution is 2.22. The van der Waals surface area contributed by atoms with E-state index in [-0.39, 0.29) is 11.9 Å². The highest BCUT2D eigenvalue weighted by molar-refractivity contribution is 7.15. The summed E-state index contributed by atoms with van der Waals surface area (Å²) in [5.41, 5.74) is 0.930. The lowest BCUT2D eigenvalue weighted by Crippen LogP contribution is -2.42. The Balaban J connectivity index is 2.01. The van der Waals surface area contributed by atoms with Crippen molar-refractivity contribution < 1.29 is 9.53 Å². The molecule has 0 radical (unpaired) electrons. The SMILES string of the molecule is CCCNC(=O)C(C)NCc1c(OC)nc2sccn12. The minimum Gasteiger partial charge on any atom is -0.480 e. The van der Waals surface area contributed by atoms with Gasteiger partial charge < -0.3 is 15.4 Å². The van der Waals surface area contributed by atoms with Crippen LogP contribution in [0.2, 0.25) is 0 Å². The minimum atomic E-state index is -0.254. The van der Waals surface area contributed by atoms with E-state index < -0.39 is 0 Å². The molecule has 0 fully saturated rings. The maximum Gasteiger partial charge on any atom is 0.237 e. The van der Waals surface area contributed by atoms with Gasteiger partial charge in [0.25, 0.3) is 0 Å². The number of methoxy groups -OCH3 is 1. The van der Waals surface area contributed by atoms with Crippen LogP contribution in [0.4, 0.5) is 0 Å². The van der Waals surface area contributed by atoms with Crippen LogP contribution in [-0.2, 0) is 11.3 Å². The van der Waals surface area contributed by atoms with Crippen LogP contribution >= 0.6 is 11.3 Å².